The van der Waals surface area contributed by atoms with Crippen LogP contribution in [0.5, 0.6) is 11.6 Å². The summed E-state index contributed by atoms with van der Waals surface area (Å²) in [6, 6.07) is 10.8. The maximum absolute atomic E-state index is 10.1. The van der Waals surface area contributed by atoms with Crippen molar-refractivity contribution in [2.45, 2.75) is 25.5 Å². The first-order valence-corrected chi connectivity index (χ1v) is 8.92. The average molecular weight is 463 g/mol. The predicted molar refractivity (Wildman–Crippen MR) is 110 cm³/mol. The van der Waals surface area contributed by atoms with Crippen molar-refractivity contribution in [1.29, 1.82) is 0 Å². The molecule has 0 amide bonds. The van der Waals surface area contributed by atoms with E-state index in [-0.39, 0.29) is 24.6 Å². The highest BCUT2D eigenvalue weighted by molar-refractivity contribution is 9.10. The van der Waals surface area contributed by atoms with Crippen molar-refractivity contribution in [2.24, 2.45) is 5.84 Å². The third kappa shape index (κ3) is 8.72. The molecule has 0 radical (unpaired) electrons. The molecule has 1 heterocycles. The first kappa shape index (κ1) is 23.4. The highest BCUT2D eigenvalue weighted by Gasteiger charge is 2.20. The number of aliphatic hydroxyl groups excluding tert-OH is 1. The number of hydrogen-bond acceptors (Lipinski definition) is 8. The Morgan fingerprint density at radius 3 is 2.63 bits per heavy atom. The number of β-amino-alcohol motifs (C(OH)–C–C–N with tert-alkyl or cyclic N) is 1. The van der Waals surface area contributed by atoms with Crippen molar-refractivity contribution in [1.82, 2.24) is 15.5 Å². The van der Waals surface area contributed by atoms with Crippen molar-refractivity contribution in [3.8, 4) is 11.6 Å². The van der Waals surface area contributed by atoms with Gasteiger partial charge >= 0.3 is 0 Å². The van der Waals surface area contributed by atoms with Gasteiger partial charge in [0, 0.05) is 22.6 Å². The summed E-state index contributed by atoms with van der Waals surface area (Å²) in [4.78, 5) is 0. The van der Waals surface area contributed by atoms with Crippen LogP contribution in [0, 0.1) is 0 Å². The van der Waals surface area contributed by atoms with Crippen LogP contribution in [0.2, 0.25) is 0 Å². The Morgan fingerprint density at radius 2 is 2.00 bits per heavy atom. The molecule has 0 spiro atoms. The molecule has 0 saturated carbocycles. The monoisotopic (exact) mass is 461 g/mol. The van der Waals surface area contributed by atoms with E-state index in [1.165, 1.54) is 0 Å². The van der Waals surface area contributed by atoms with E-state index in [0.29, 0.717) is 30.6 Å². The zero-order chi connectivity index (χ0) is 19.0. The van der Waals surface area contributed by atoms with Crippen LogP contribution in [0.1, 0.15) is 13.8 Å². The van der Waals surface area contributed by atoms with Gasteiger partial charge in [-0.1, -0.05) is 22.0 Å². The number of nitrogens with one attached hydrogen (secondary N) is 2. The number of hydrogen-bond donors (Lipinski definition) is 4. The molecule has 10 heteroatoms. The fourth-order valence-electron chi connectivity index (χ4n) is 1.98. The first-order valence-electron chi connectivity index (χ1n) is 8.12. The maximum atomic E-state index is 10.1. The van der Waals surface area contributed by atoms with Crippen LogP contribution in [-0.2, 0) is 0 Å². The lowest BCUT2D eigenvalue weighted by Gasteiger charge is -2.27. The standard InChI is InChI=1S/C17H24BrN5O3.ClH/c1-17(2,11-26-16-7-6-15(21-19)22-23-16)20-9-13(24)10-25-14-5-3-4-12(18)8-14;/h3-8,13,20,24H,9-11,19H2,1-2H3,(H,21,22);1H. The fraction of sp³-hybridized carbons (Fsp3) is 0.412. The third-order valence-electron chi connectivity index (χ3n) is 3.42. The van der Waals surface area contributed by atoms with Gasteiger partial charge < -0.3 is 25.3 Å². The van der Waals surface area contributed by atoms with Crippen LogP contribution in [0.4, 0.5) is 5.82 Å². The van der Waals surface area contributed by atoms with Crippen molar-refractivity contribution in [3.05, 3.63) is 40.9 Å². The normalized spacial score (nSPS) is 12.0. The molecule has 0 fully saturated rings. The van der Waals surface area contributed by atoms with Gasteiger partial charge in [0.05, 0.1) is 0 Å². The first-order chi connectivity index (χ1) is 12.4. The van der Waals surface area contributed by atoms with Crippen molar-refractivity contribution in [3.63, 3.8) is 0 Å². The van der Waals surface area contributed by atoms with Crippen molar-refractivity contribution in [2.75, 3.05) is 25.2 Å². The summed E-state index contributed by atoms with van der Waals surface area (Å²) in [5.41, 5.74) is 2.03. The highest BCUT2D eigenvalue weighted by Crippen LogP contribution is 2.18. The van der Waals surface area contributed by atoms with E-state index in [4.69, 9.17) is 15.3 Å². The number of nitrogens with two attached hydrogens (primary N) is 1. The van der Waals surface area contributed by atoms with E-state index in [0.717, 1.165) is 4.47 Å². The average Bonchev–Trinajstić information content (AvgIpc) is 2.64. The molecule has 0 aliphatic carbocycles. The number of nitrogen functional groups attached to an aromatic ring is 1. The van der Waals surface area contributed by atoms with Crippen LogP contribution in [0.25, 0.3) is 0 Å². The Hall–Kier alpha value is -1.65. The molecule has 0 aliphatic rings. The molecule has 1 unspecified atom stereocenters. The van der Waals surface area contributed by atoms with Crippen LogP contribution in [0.15, 0.2) is 40.9 Å². The maximum Gasteiger partial charge on any atom is 0.233 e. The lowest BCUT2D eigenvalue weighted by molar-refractivity contribution is 0.0922. The summed E-state index contributed by atoms with van der Waals surface area (Å²) in [7, 11) is 0. The SMILES string of the molecule is CC(C)(COc1ccc(NN)nn1)NCC(O)COc1cccc(Br)c1.Cl. The molecular formula is C17H25BrClN5O3. The smallest absolute Gasteiger partial charge is 0.233 e. The topological polar surface area (TPSA) is 115 Å². The minimum Gasteiger partial charge on any atom is -0.491 e. The molecule has 0 aliphatic heterocycles. The lowest BCUT2D eigenvalue weighted by Crippen LogP contribution is -2.48. The summed E-state index contributed by atoms with van der Waals surface area (Å²) < 4.78 is 12.1. The molecule has 150 valence electrons. The van der Waals surface area contributed by atoms with Gasteiger partial charge in [-0.25, -0.2) is 5.84 Å². The Labute approximate surface area is 173 Å². The van der Waals surface area contributed by atoms with Crippen LogP contribution in [-0.4, -0.2) is 46.7 Å². The Balaban J connectivity index is 0.00000364. The van der Waals surface area contributed by atoms with E-state index in [1.54, 1.807) is 12.1 Å². The summed E-state index contributed by atoms with van der Waals surface area (Å²) >= 11 is 3.38. The largest absolute Gasteiger partial charge is 0.491 e. The molecule has 1 aromatic heterocycles. The predicted octanol–water partition coefficient (Wildman–Crippen LogP) is 2.13. The number of halogens is 2. The quantitative estimate of drug-likeness (QED) is 0.314. The molecule has 5 N–H and O–H groups in total. The van der Waals surface area contributed by atoms with E-state index in [9.17, 15) is 5.11 Å². The van der Waals surface area contributed by atoms with Gasteiger partial charge in [-0.05, 0) is 38.1 Å². The van der Waals surface area contributed by atoms with Gasteiger partial charge in [0.15, 0.2) is 5.82 Å². The molecule has 27 heavy (non-hydrogen) atoms. The third-order valence-corrected chi connectivity index (χ3v) is 3.92. The van der Waals surface area contributed by atoms with Gasteiger partial charge in [-0.2, -0.15) is 0 Å². The van der Waals surface area contributed by atoms with Gasteiger partial charge in [-0.3, -0.25) is 0 Å². The molecular weight excluding hydrogens is 438 g/mol. The zero-order valence-corrected chi connectivity index (χ0v) is 17.6. The number of nitrogens with zero attached hydrogens (tertiary/aromatic N) is 2. The summed E-state index contributed by atoms with van der Waals surface area (Å²) in [5.74, 6) is 6.81. The van der Waals surface area contributed by atoms with Gasteiger partial charge in [0.25, 0.3) is 0 Å². The second kappa shape index (κ2) is 11.3. The number of aromatic nitrogens is 2. The Bertz CT molecular complexity index is 691. The highest BCUT2D eigenvalue weighted by atomic mass is 79.9. The molecule has 0 saturated heterocycles. The van der Waals surface area contributed by atoms with E-state index < -0.39 is 6.10 Å². The second-order valence-corrected chi connectivity index (χ2v) is 7.29. The number of aliphatic hydroxyl groups is 1. The minimum absolute atomic E-state index is 0. The van der Waals surface area contributed by atoms with Crippen LogP contribution >= 0.6 is 28.3 Å². The molecule has 2 aromatic rings. The number of benzene rings is 1. The minimum atomic E-state index is -0.650. The van der Waals surface area contributed by atoms with Gasteiger partial charge in [0.1, 0.15) is 25.1 Å². The Morgan fingerprint density at radius 1 is 1.22 bits per heavy atom. The lowest BCUT2D eigenvalue weighted by atomic mass is 10.1. The fourth-order valence-corrected chi connectivity index (χ4v) is 2.36. The zero-order valence-electron chi connectivity index (χ0n) is 15.2. The molecule has 8 nitrogen and oxygen atoms in total. The van der Waals surface area contributed by atoms with Crippen LogP contribution in [0.3, 0.4) is 0 Å². The Kier molecular flexibility index (Phi) is 9.75. The summed E-state index contributed by atoms with van der Waals surface area (Å²) in [6.45, 7) is 4.86. The summed E-state index contributed by atoms with van der Waals surface area (Å²) in [5, 5.41) is 21.1. The van der Waals surface area contributed by atoms with Crippen molar-refractivity contribution < 1.29 is 14.6 Å². The number of hydrazine groups is 1. The molecule has 0 bridgehead atoms. The number of ether oxygens (including phenoxy) is 2. The summed E-state index contributed by atoms with van der Waals surface area (Å²) in [6.07, 6.45) is -0.650. The molecule has 2 rings (SSSR count). The number of anilines is 1. The number of rotatable bonds is 10. The van der Waals surface area contributed by atoms with E-state index in [2.05, 4.69) is 36.9 Å². The van der Waals surface area contributed by atoms with Crippen molar-refractivity contribution >= 4 is 34.2 Å². The van der Waals surface area contributed by atoms with Crippen LogP contribution < -0.4 is 26.1 Å². The van der Waals surface area contributed by atoms with E-state index >= 15 is 0 Å². The van der Waals surface area contributed by atoms with E-state index in [1.807, 2.05) is 38.1 Å². The molecule has 1 aromatic carbocycles. The molecule has 1 atom stereocenters. The second-order valence-electron chi connectivity index (χ2n) is 6.38. The van der Waals surface area contributed by atoms with Gasteiger partial charge in [0.2, 0.25) is 5.88 Å². The van der Waals surface area contributed by atoms with Gasteiger partial charge in [-0.15, -0.1) is 22.6 Å².